The van der Waals surface area contributed by atoms with Crippen molar-refractivity contribution in [3.05, 3.63) is 35.9 Å². The molecule has 0 radical (unpaired) electrons. The Bertz CT molecular complexity index is 728. The van der Waals surface area contributed by atoms with Crippen molar-refractivity contribution in [2.24, 2.45) is 16.6 Å². The van der Waals surface area contributed by atoms with E-state index in [1.807, 2.05) is 6.07 Å². The van der Waals surface area contributed by atoms with E-state index in [9.17, 15) is 4.79 Å². The molecule has 0 unspecified atom stereocenters. The Hall–Kier alpha value is -1.88. The molecule has 5 nitrogen and oxygen atoms in total. The van der Waals surface area contributed by atoms with Gasteiger partial charge in [0.15, 0.2) is 5.96 Å². The molecule has 0 aromatic heterocycles. The van der Waals surface area contributed by atoms with Gasteiger partial charge in [0.2, 0.25) is 0 Å². The second-order valence-electron chi connectivity index (χ2n) is 9.43. The molecule has 2 saturated carbocycles. The number of nitrogens with one attached hydrogen (secondary N) is 1. The number of hydrogen-bond donors (Lipinski definition) is 2. The van der Waals surface area contributed by atoms with E-state index in [0.29, 0.717) is 24.0 Å². The Labute approximate surface area is 175 Å². The third-order valence-electron chi connectivity index (χ3n) is 7.28. The highest BCUT2D eigenvalue weighted by Crippen LogP contribution is 2.38. The number of carbonyl (C=O) groups excluding carboxylic acids is 1. The monoisotopic (exact) mass is 396 g/mol. The SMILES string of the molecule is CN1C(=O)[C@@](CCc2ccccc2)(C[C@H]2CCC[C@@H](NC3CCCC3)C2)N=C1N. The lowest BCUT2D eigenvalue weighted by Crippen LogP contribution is -2.45. The fraction of sp³-hybridized carbons (Fsp3) is 0.667. The summed E-state index contributed by atoms with van der Waals surface area (Å²) in [6.07, 6.45) is 12.7. The number of rotatable bonds is 7. The van der Waals surface area contributed by atoms with Crippen molar-refractivity contribution in [3.8, 4) is 0 Å². The maximum Gasteiger partial charge on any atom is 0.257 e. The van der Waals surface area contributed by atoms with Gasteiger partial charge >= 0.3 is 0 Å². The van der Waals surface area contributed by atoms with Crippen LogP contribution in [0.5, 0.6) is 0 Å². The lowest BCUT2D eigenvalue weighted by atomic mass is 9.75. The minimum atomic E-state index is -0.686. The quantitative estimate of drug-likeness (QED) is 0.739. The van der Waals surface area contributed by atoms with Crippen molar-refractivity contribution >= 4 is 11.9 Å². The van der Waals surface area contributed by atoms with E-state index in [1.54, 1.807) is 11.9 Å². The number of benzene rings is 1. The highest BCUT2D eigenvalue weighted by atomic mass is 16.2. The van der Waals surface area contributed by atoms with E-state index in [2.05, 4.69) is 29.6 Å². The third-order valence-corrected chi connectivity index (χ3v) is 7.28. The van der Waals surface area contributed by atoms with Crippen LogP contribution < -0.4 is 11.1 Å². The van der Waals surface area contributed by atoms with Crippen LogP contribution in [0.1, 0.15) is 69.8 Å². The molecule has 0 saturated heterocycles. The van der Waals surface area contributed by atoms with Crippen LogP contribution in [0.3, 0.4) is 0 Å². The molecule has 1 aliphatic heterocycles. The predicted octanol–water partition coefficient (Wildman–Crippen LogP) is 3.63. The number of amides is 1. The smallest absolute Gasteiger partial charge is 0.257 e. The molecule has 1 aromatic carbocycles. The molecule has 5 heteroatoms. The van der Waals surface area contributed by atoms with Crippen molar-refractivity contribution in [1.29, 1.82) is 0 Å². The van der Waals surface area contributed by atoms with Crippen molar-refractivity contribution in [3.63, 3.8) is 0 Å². The summed E-state index contributed by atoms with van der Waals surface area (Å²) in [5.41, 5.74) is 6.67. The van der Waals surface area contributed by atoms with Crippen molar-refractivity contribution < 1.29 is 4.79 Å². The Morgan fingerprint density at radius 3 is 2.52 bits per heavy atom. The average molecular weight is 397 g/mol. The summed E-state index contributed by atoms with van der Waals surface area (Å²) in [6.45, 7) is 0. The van der Waals surface area contributed by atoms with Gasteiger partial charge in [-0.2, -0.15) is 0 Å². The molecule has 0 bridgehead atoms. The van der Waals surface area contributed by atoms with Crippen molar-refractivity contribution in [2.75, 3.05) is 7.05 Å². The lowest BCUT2D eigenvalue weighted by molar-refractivity contribution is -0.131. The molecule has 1 amide bonds. The Morgan fingerprint density at radius 2 is 1.83 bits per heavy atom. The summed E-state index contributed by atoms with van der Waals surface area (Å²) < 4.78 is 0. The number of carbonyl (C=O) groups is 1. The molecule has 158 valence electrons. The van der Waals surface area contributed by atoms with E-state index in [4.69, 9.17) is 10.7 Å². The fourth-order valence-corrected chi connectivity index (χ4v) is 5.68. The van der Waals surface area contributed by atoms with Crippen LogP contribution in [0.15, 0.2) is 35.3 Å². The minimum absolute atomic E-state index is 0.0804. The van der Waals surface area contributed by atoms with Gasteiger partial charge in [0.25, 0.3) is 5.91 Å². The first kappa shape index (κ1) is 20.4. The number of guanidine groups is 1. The lowest BCUT2D eigenvalue weighted by Gasteiger charge is -2.36. The van der Waals surface area contributed by atoms with Crippen LogP contribution in [0.2, 0.25) is 0 Å². The minimum Gasteiger partial charge on any atom is -0.369 e. The summed E-state index contributed by atoms with van der Waals surface area (Å²) in [6, 6.07) is 11.7. The van der Waals surface area contributed by atoms with Gasteiger partial charge in [0.05, 0.1) is 0 Å². The number of hydrogen-bond acceptors (Lipinski definition) is 4. The van der Waals surface area contributed by atoms with Gasteiger partial charge in [0, 0.05) is 19.1 Å². The summed E-state index contributed by atoms with van der Waals surface area (Å²) in [5, 5.41) is 3.92. The van der Waals surface area contributed by atoms with Crippen molar-refractivity contribution in [2.45, 2.75) is 88.3 Å². The Kier molecular flexibility index (Phi) is 6.23. The second-order valence-corrected chi connectivity index (χ2v) is 9.43. The first-order valence-electron chi connectivity index (χ1n) is 11.5. The fourth-order valence-electron chi connectivity index (χ4n) is 5.68. The molecule has 4 rings (SSSR count). The number of aliphatic imine (C=N–C) groups is 1. The molecule has 2 aliphatic carbocycles. The summed E-state index contributed by atoms with van der Waals surface area (Å²) in [4.78, 5) is 19.5. The predicted molar refractivity (Wildman–Crippen MR) is 118 cm³/mol. The molecular weight excluding hydrogens is 360 g/mol. The topological polar surface area (TPSA) is 70.7 Å². The standard InChI is InChI=1S/C24H36N4O/c1-28-22(29)24(27-23(28)25,15-14-18-8-3-2-4-9-18)17-19-10-7-13-21(16-19)26-20-11-5-6-12-20/h2-4,8-9,19-21,26H,5-7,10-17H2,1H3,(H2,25,27)/t19-,21+,24+/m0/s1. The van der Waals surface area contributed by atoms with E-state index >= 15 is 0 Å². The van der Waals surface area contributed by atoms with Crippen LogP contribution in [-0.4, -0.2) is 41.4 Å². The maximum absolute atomic E-state index is 13.2. The van der Waals surface area contributed by atoms with Gasteiger partial charge < -0.3 is 11.1 Å². The van der Waals surface area contributed by atoms with Gasteiger partial charge in [0.1, 0.15) is 5.54 Å². The molecule has 3 aliphatic rings. The van der Waals surface area contributed by atoms with Gasteiger partial charge in [-0.1, -0.05) is 56.0 Å². The van der Waals surface area contributed by atoms with Crippen LogP contribution in [-0.2, 0) is 11.2 Å². The molecule has 3 atom stereocenters. The zero-order valence-electron chi connectivity index (χ0n) is 17.8. The molecule has 2 fully saturated rings. The molecular formula is C24H36N4O. The molecule has 3 N–H and O–H groups in total. The van der Waals surface area contributed by atoms with E-state index in [-0.39, 0.29) is 5.91 Å². The third kappa shape index (κ3) is 4.66. The molecule has 0 spiro atoms. The van der Waals surface area contributed by atoms with Gasteiger partial charge in [-0.25, -0.2) is 4.99 Å². The average Bonchev–Trinajstić information content (AvgIpc) is 3.31. The molecule has 1 heterocycles. The highest BCUT2D eigenvalue weighted by Gasteiger charge is 2.47. The largest absolute Gasteiger partial charge is 0.369 e. The number of nitrogens with zero attached hydrogens (tertiary/aromatic N) is 2. The zero-order chi connectivity index (χ0) is 20.3. The Balaban J connectivity index is 1.44. The first-order chi connectivity index (χ1) is 14.1. The van der Waals surface area contributed by atoms with Gasteiger partial charge in [-0.05, 0) is 56.4 Å². The maximum atomic E-state index is 13.2. The van der Waals surface area contributed by atoms with E-state index in [0.717, 1.165) is 25.7 Å². The second kappa shape index (κ2) is 8.86. The zero-order valence-corrected chi connectivity index (χ0v) is 17.8. The van der Waals surface area contributed by atoms with Crippen LogP contribution in [0, 0.1) is 5.92 Å². The van der Waals surface area contributed by atoms with E-state index in [1.165, 1.54) is 50.5 Å². The number of likely N-dealkylation sites (N-methyl/N-ethyl adjacent to an activating group) is 1. The van der Waals surface area contributed by atoms with E-state index < -0.39 is 5.54 Å². The Morgan fingerprint density at radius 1 is 1.10 bits per heavy atom. The molecule has 29 heavy (non-hydrogen) atoms. The van der Waals surface area contributed by atoms with Gasteiger partial charge in [-0.3, -0.25) is 9.69 Å². The summed E-state index contributed by atoms with van der Waals surface area (Å²) in [5.74, 6) is 0.988. The highest BCUT2D eigenvalue weighted by molar-refractivity contribution is 6.06. The van der Waals surface area contributed by atoms with Crippen LogP contribution in [0.25, 0.3) is 0 Å². The summed E-state index contributed by atoms with van der Waals surface area (Å²) >= 11 is 0. The molecule has 1 aromatic rings. The van der Waals surface area contributed by atoms with Crippen LogP contribution >= 0.6 is 0 Å². The summed E-state index contributed by atoms with van der Waals surface area (Å²) in [7, 11) is 1.76. The van der Waals surface area contributed by atoms with Gasteiger partial charge in [-0.15, -0.1) is 0 Å². The van der Waals surface area contributed by atoms with Crippen LogP contribution in [0.4, 0.5) is 0 Å². The number of aryl methyl sites for hydroxylation is 1. The first-order valence-corrected chi connectivity index (χ1v) is 11.5. The number of nitrogens with two attached hydrogens (primary N) is 1. The normalized spacial score (nSPS) is 30.7. The van der Waals surface area contributed by atoms with Crippen molar-refractivity contribution in [1.82, 2.24) is 10.2 Å².